The molecule has 1 N–H and O–H groups in total. The van der Waals surface area contributed by atoms with Gasteiger partial charge in [0.05, 0.1) is 16.2 Å². The second-order valence-electron chi connectivity index (χ2n) is 7.80. The van der Waals surface area contributed by atoms with E-state index < -0.39 is 10.1 Å². The summed E-state index contributed by atoms with van der Waals surface area (Å²) in [6.07, 6.45) is 20.5. The van der Waals surface area contributed by atoms with Gasteiger partial charge < -0.3 is 9.66 Å². The average molecular weight is 415 g/mol. The van der Waals surface area contributed by atoms with Gasteiger partial charge in [0.2, 0.25) is 0 Å². The van der Waals surface area contributed by atoms with Gasteiger partial charge in [-0.25, -0.2) is 8.42 Å². The number of hydrogen-bond acceptors (Lipinski definition) is 4. The van der Waals surface area contributed by atoms with Gasteiger partial charge in [0.1, 0.15) is 0 Å². The molecule has 6 heteroatoms. The number of hydrogen-bond donors (Lipinski definition) is 1. The van der Waals surface area contributed by atoms with Crippen molar-refractivity contribution in [3.8, 4) is 0 Å². The Balaban J connectivity index is 0. The first-order valence-corrected chi connectivity index (χ1v) is 12.6. The fraction of sp³-hybridized carbons (Fsp3) is 1.00. The predicted molar refractivity (Wildman–Crippen MR) is 109 cm³/mol. The first-order valence-electron chi connectivity index (χ1n) is 11.1. The van der Waals surface area contributed by atoms with Crippen LogP contribution in [0.5, 0.6) is 0 Å². The van der Waals surface area contributed by atoms with E-state index in [2.05, 4.69) is 6.92 Å². The third-order valence-corrected chi connectivity index (χ3v) is 5.86. The summed E-state index contributed by atoms with van der Waals surface area (Å²) in [5.74, 6) is -0.205. The van der Waals surface area contributed by atoms with Crippen LogP contribution in [-0.2, 0) is 10.1 Å². The number of aliphatic hydroxyl groups is 1. The molecule has 0 spiro atoms. The van der Waals surface area contributed by atoms with Gasteiger partial charge in [0, 0.05) is 5.75 Å². The van der Waals surface area contributed by atoms with Crippen LogP contribution < -0.4 is 29.6 Å². The van der Waals surface area contributed by atoms with E-state index in [0.29, 0.717) is 6.42 Å². The molecule has 0 aromatic heterocycles. The van der Waals surface area contributed by atoms with Crippen molar-refractivity contribution in [2.45, 2.75) is 129 Å². The van der Waals surface area contributed by atoms with Crippen LogP contribution in [0.4, 0.5) is 0 Å². The van der Waals surface area contributed by atoms with Crippen molar-refractivity contribution >= 4 is 10.1 Å². The molecular weight excluding hydrogens is 371 g/mol. The van der Waals surface area contributed by atoms with Crippen LogP contribution in [0, 0.1) is 0 Å². The minimum atomic E-state index is -4.01. The van der Waals surface area contributed by atoms with E-state index in [4.69, 9.17) is 0 Å². The monoisotopic (exact) mass is 414 g/mol. The maximum Gasteiger partial charge on any atom is 1.00 e. The topological polar surface area (TPSA) is 77.4 Å². The second kappa shape index (κ2) is 21.6. The van der Waals surface area contributed by atoms with E-state index in [1.54, 1.807) is 0 Å². The molecule has 0 aliphatic rings. The fourth-order valence-electron chi connectivity index (χ4n) is 3.38. The molecule has 0 saturated carbocycles. The first-order chi connectivity index (χ1) is 12.5. The van der Waals surface area contributed by atoms with Crippen LogP contribution in [0.3, 0.4) is 0 Å². The minimum absolute atomic E-state index is 0. The van der Waals surface area contributed by atoms with Crippen LogP contribution in [0.25, 0.3) is 0 Å². The normalized spacial score (nSPS) is 12.7. The molecule has 0 aliphatic carbocycles. The van der Waals surface area contributed by atoms with E-state index in [0.717, 1.165) is 38.5 Å². The average Bonchev–Trinajstić information content (AvgIpc) is 2.58. The Bertz CT molecular complexity index is 388. The maximum atomic E-state index is 10.5. The van der Waals surface area contributed by atoms with Crippen LogP contribution in [0.1, 0.15) is 122 Å². The Kier molecular flexibility index (Phi) is 24.0. The number of rotatable bonds is 20. The summed E-state index contributed by atoms with van der Waals surface area (Å²) in [5, 5.41) is 9.92. The molecule has 0 saturated heterocycles. The van der Waals surface area contributed by atoms with Gasteiger partial charge in [0.25, 0.3) is 0 Å². The van der Waals surface area contributed by atoms with Crippen molar-refractivity contribution in [2.75, 3.05) is 5.75 Å². The molecule has 1 unspecified atom stereocenters. The summed E-state index contributed by atoms with van der Waals surface area (Å²) in [4.78, 5) is 0. The molecule has 0 bridgehead atoms. The zero-order valence-electron chi connectivity index (χ0n) is 18.1. The minimum Gasteiger partial charge on any atom is -0.748 e. The SMILES string of the molecule is CCCCCCC(O)CCCCCCCCCCCCCCS(=O)(=O)[O-].[Na+]. The van der Waals surface area contributed by atoms with Crippen molar-refractivity contribution in [1.29, 1.82) is 0 Å². The molecule has 4 nitrogen and oxygen atoms in total. The van der Waals surface area contributed by atoms with Crippen LogP contribution in [0.2, 0.25) is 0 Å². The molecule has 0 fully saturated rings. The van der Waals surface area contributed by atoms with Gasteiger partial charge in [0.15, 0.2) is 0 Å². The van der Waals surface area contributed by atoms with Crippen molar-refractivity contribution in [1.82, 2.24) is 0 Å². The van der Waals surface area contributed by atoms with Gasteiger partial charge in [-0.3, -0.25) is 0 Å². The van der Waals surface area contributed by atoms with Gasteiger partial charge in [-0.15, -0.1) is 0 Å². The summed E-state index contributed by atoms with van der Waals surface area (Å²) in [6, 6.07) is 0. The van der Waals surface area contributed by atoms with E-state index in [1.807, 2.05) is 0 Å². The smallest absolute Gasteiger partial charge is 0.748 e. The van der Waals surface area contributed by atoms with E-state index in [1.165, 1.54) is 70.6 Å². The second-order valence-corrected chi connectivity index (χ2v) is 9.32. The molecule has 0 aliphatic heterocycles. The summed E-state index contributed by atoms with van der Waals surface area (Å²) in [5.41, 5.74) is 0. The maximum absolute atomic E-state index is 10.5. The Morgan fingerprint density at radius 2 is 1.00 bits per heavy atom. The van der Waals surface area contributed by atoms with Crippen molar-refractivity contribution in [2.24, 2.45) is 0 Å². The molecule has 0 amide bonds. The molecule has 27 heavy (non-hydrogen) atoms. The standard InChI is InChI=1S/C21H44O4S.Na/c1-2-3-4-15-18-21(22)19-16-13-11-9-7-5-6-8-10-12-14-17-20-26(23,24)25;/h21-22H,2-20H2,1H3,(H,23,24,25);/q;+1/p-1. The Hall–Kier alpha value is 0.870. The van der Waals surface area contributed by atoms with Gasteiger partial charge in [-0.1, -0.05) is 103 Å². The largest absolute Gasteiger partial charge is 1.00 e. The predicted octanol–water partition coefficient (Wildman–Crippen LogP) is 2.94. The third-order valence-electron chi connectivity index (χ3n) is 5.07. The van der Waals surface area contributed by atoms with Crippen molar-refractivity contribution in [3.05, 3.63) is 0 Å². The zero-order valence-corrected chi connectivity index (χ0v) is 20.9. The van der Waals surface area contributed by atoms with E-state index in [-0.39, 0.29) is 41.4 Å². The Labute approximate surface area is 191 Å². The number of aliphatic hydroxyl groups excluding tert-OH is 1. The number of unbranched alkanes of at least 4 members (excludes halogenated alkanes) is 14. The summed E-state index contributed by atoms with van der Waals surface area (Å²) in [7, 11) is -4.01. The van der Waals surface area contributed by atoms with Crippen LogP contribution >= 0.6 is 0 Å². The molecule has 0 rings (SSSR count). The molecule has 158 valence electrons. The molecule has 0 heterocycles. The van der Waals surface area contributed by atoms with Crippen molar-refractivity contribution < 1.29 is 47.6 Å². The quantitative estimate of drug-likeness (QED) is 0.189. The Morgan fingerprint density at radius 1 is 0.667 bits per heavy atom. The summed E-state index contributed by atoms with van der Waals surface area (Å²) < 4.78 is 31.4. The fourth-order valence-corrected chi connectivity index (χ4v) is 3.94. The Morgan fingerprint density at radius 3 is 1.37 bits per heavy atom. The third kappa shape index (κ3) is 26.9. The first kappa shape index (κ1) is 30.1. The zero-order chi connectivity index (χ0) is 19.5. The summed E-state index contributed by atoms with van der Waals surface area (Å²) in [6.45, 7) is 2.21. The summed E-state index contributed by atoms with van der Waals surface area (Å²) >= 11 is 0. The molecule has 0 aromatic carbocycles. The van der Waals surface area contributed by atoms with Crippen LogP contribution in [-0.4, -0.2) is 29.9 Å². The molecule has 0 radical (unpaired) electrons. The van der Waals surface area contributed by atoms with Gasteiger partial charge in [-0.2, -0.15) is 0 Å². The van der Waals surface area contributed by atoms with E-state index in [9.17, 15) is 18.1 Å². The van der Waals surface area contributed by atoms with Crippen molar-refractivity contribution in [3.63, 3.8) is 0 Å². The van der Waals surface area contributed by atoms with Crippen LogP contribution in [0.15, 0.2) is 0 Å². The van der Waals surface area contributed by atoms with Gasteiger partial charge >= 0.3 is 29.6 Å². The molecule has 1 atom stereocenters. The molecule has 0 aromatic rings. The van der Waals surface area contributed by atoms with Gasteiger partial charge in [-0.05, 0) is 19.3 Å². The molecular formula is C21H43NaO4S. The van der Waals surface area contributed by atoms with E-state index >= 15 is 0 Å².